The molecule has 2 aliphatic rings. The van der Waals surface area contributed by atoms with Crippen LogP contribution in [0.2, 0.25) is 0 Å². The second-order valence-corrected chi connectivity index (χ2v) is 9.28. The average Bonchev–Trinajstić information content (AvgIpc) is 3.55. The molecule has 0 radical (unpaired) electrons. The molecule has 2 N–H and O–H groups in total. The van der Waals surface area contributed by atoms with Gasteiger partial charge in [0.15, 0.2) is 0 Å². The number of hydrogen-bond donors (Lipinski definition) is 1. The van der Waals surface area contributed by atoms with Crippen molar-refractivity contribution in [2.75, 3.05) is 37.4 Å². The Morgan fingerprint density at radius 3 is 2.70 bits per heavy atom. The van der Waals surface area contributed by atoms with E-state index in [4.69, 9.17) is 10.5 Å². The number of nitrogen functional groups attached to an aromatic ring is 1. The molecule has 1 saturated heterocycles. The SMILES string of the molecule is CN(C(=O)c1cc2c(cc1F)nc(N)c1cncn12)C1COc2cc(N3CCC(=C(F)F)CC3)ccc21. The topological polar surface area (TPSA) is 89.0 Å². The van der Waals surface area contributed by atoms with E-state index < -0.39 is 23.8 Å². The number of carbonyl (C=O) groups is 1. The van der Waals surface area contributed by atoms with Crippen LogP contribution in [-0.2, 0) is 0 Å². The Kier molecular flexibility index (Phi) is 5.43. The fourth-order valence-corrected chi connectivity index (χ4v) is 5.12. The lowest BCUT2D eigenvalue weighted by atomic mass is 10.0. The van der Waals surface area contributed by atoms with Crippen LogP contribution in [0.25, 0.3) is 16.6 Å². The first kappa shape index (κ1) is 23.1. The van der Waals surface area contributed by atoms with Crippen molar-refractivity contribution >= 4 is 34.0 Å². The van der Waals surface area contributed by atoms with E-state index in [1.807, 2.05) is 23.1 Å². The number of likely N-dealkylation sites (N-methyl/N-ethyl adjacent to an activating group) is 1. The third-order valence-corrected chi connectivity index (χ3v) is 7.24. The van der Waals surface area contributed by atoms with E-state index in [9.17, 15) is 13.6 Å². The number of amides is 1. The first-order valence-electron chi connectivity index (χ1n) is 11.8. The molecule has 11 heteroatoms. The molecule has 1 atom stereocenters. The van der Waals surface area contributed by atoms with Crippen molar-refractivity contribution in [3.05, 3.63) is 71.5 Å². The Labute approximate surface area is 209 Å². The lowest BCUT2D eigenvalue weighted by Gasteiger charge is -2.30. The summed E-state index contributed by atoms with van der Waals surface area (Å²) in [6.45, 7) is 1.22. The second kappa shape index (κ2) is 8.68. The van der Waals surface area contributed by atoms with Crippen molar-refractivity contribution < 1.29 is 22.7 Å². The van der Waals surface area contributed by atoms with Gasteiger partial charge in [0.25, 0.3) is 12.0 Å². The van der Waals surface area contributed by atoms with E-state index in [2.05, 4.69) is 9.97 Å². The minimum atomic E-state index is -1.58. The zero-order chi connectivity index (χ0) is 25.8. The van der Waals surface area contributed by atoms with E-state index in [-0.39, 0.29) is 23.6 Å². The lowest BCUT2D eigenvalue weighted by Crippen LogP contribution is -2.33. The number of halogens is 3. The number of nitrogens with zero attached hydrogens (tertiary/aromatic N) is 5. The quantitative estimate of drug-likeness (QED) is 0.437. The zero-order valence-electron chi connectivity index (χ0n) is 19.9. The van der Waals surface area contributed by atoms with Gasteiger partial charge in [0.05, 0.1) is 35.2 Å². The third-order valence-electron chi connectivity index (χ3n) is 7.24. The fraction of sp³-hybridized carbons (Fsp3) is 0.269. The van der Waals surface area contributed by atoms with Crippen LogP contribution in [0, 0.1) is 5.82 Å². The van der Waals surface area contributed by atoms with E-state index in [0.717, 1.165) is 11.3 Å². The van der Waals surface area contributed by atoms with Crippen LogP contribution in [0.4, 0.5) is 24.7 Å². The van der Waals surface area contributed by atoms with Gasteiger partial charge in [-0.2, -0.15) is 8.78 Å². The third kappa shape index (κ3) is 3.81. The summed E-state index contributed by atoms with van der Waals surface area (Å²) in [6, 6.07) is 7.90. The maximum atomic E-state index is 15.1. The largest absolute Gasteiger partial charge is 0.491 e. The zero-order valence-corrected chi connectivity index (χ0v) is 19.9. The molecule has 0 bridgehead atoms. The lowest BCUT2D eigenvalue weighted by molar-refractivity contribution is 0.0704. The summed E-state index contributed by atoms with van der Waals surface area (Å²) in [4.78, 5) is 25.3. The van der Waals surface area contributed by atoms with Crippen molar-refractivity contribution in [2.45, 2.75) is 18.9 Å². The first-order chi connectivity index (χ1) is 17.8. The summed E-state index contributed by atoms with van der Waals surface area (Å²) in [5, 5.41) is 0. The molecule has 8 nitrogen and oxygen atoms in total. The molecule has 0 aliphatic carbocycles. The molecule has 1 unspecified atom stereocenters. The number of rotatable bonds is 3. The Bertz CT molecular complexity index is 1590. The van der Waals surface area contributed by atoms with E-state index >= 15 is 4.39 Å². The molecule has 0 spiro atoms. The van der Waals surface area contributed by atoms with Gasteiger partial charge in [-0.25, -0.2) is 14.4 Å². The molecule has 2 aliphatic heterocycles. The van der Waals surface area contributed by atoms with Crippen LogP contribution in [0.5, 0.6) is 5.75 Å². The van der Waals surface area contributed by atoms with Gasteiger partial charge in [-0.3, -0.25) is 9.20 Å². The number of anilines is 2. The van der Waals surface area contributed by atoms with Crippen molar-refractivity contribution in [1.29, 1.82) is 0 Å². The number of imidazole rings is 1. The average molecular weight is 509 g/mol. The standard InChI is InChI=1S/C26H23F3N6O2/c1-33(26(36)17-9-20-19(10-18(17)27)32-25(30)21-11-31-13-35(20)21)22-12-37-23-8-15(2-3-16(22)23)34-6-4-14(5-7-34)24(28)29/h2-3,8-11,13,22H,4-7,12H2,1H3,(H2,30,32). The summed E-state index contributed by atoms with van der Waals surface area (Å²) >= 11 is 0. The summed E-state index contributed by atoms with van der Waals surface area (Å²) in [5.74, 6) is -0.360. The van der Waals surface area contributed by atoms with Gasteiger partial charge in [-0.05, 0) is 30.5 Å². The van der Waals surface area contributed by atoms with E-state index in [0.29, 0.717) is 48.2 Å². The van der Waals surface area contributed by atoms with Crippen molar-refractivity contribution in [2.24, 2.45) is 0 Å². The molecular formula is C26H23F3N6O2. The molecule has 2 aromatic carbocycles. The molecule has 2 aromatic heterocycles. The van der Waals surface area contributed by atoms with Gasteiger partial charge in [0.1, 0.15) is 29.5 Å². The second-order valence-electron chi connectivity index (χ2n) is 9.28. The van der Waals surface area contributed by atoms with Gasteiger partial charge >= 0.3 is 0 Å². The number of piperidine rings is 1. The van der Waals surface area contributed by atoms with Gasteiger partial charge < -0.3 is 20.3 Å². The molecule has 1 amide bonds. The van der Waals surface area contributed by atoms with Crippen molar-refractivity contribution in [3.8, 4) is 5.75 Å². The fourth-order valence-electron chi connectivity index (χ4n) is 5.12. The molecule has 4 aromatic rings. The molecular weight excluding hydrogens is 485 g/mol. The van der Waals surface area contributed by atoms with Crippen molar-refractivity contribution in [1.82, 2.24) is 19.3 Å². The van der Waals surface area contributed by atoms with Crippen LogP contribution in [0.3, 0.4) is 0 Å². The highest BCUT2D eigenvalue weighted by Crippen LogP contribution is 2.39. The number of benzene rings is 2. The number of hydrogen-bond acceptors (Lipinski definition) is 6. The summed E-state index contributed by atoms with van der Waals surface area (Å²) < 4.78 is 48.4. The van der Waals surface area contributed by atoms with Gasteiger partial charge in [0, 0.05) is 43.5 Å². The summed E-state index contributed by atoms with van der Waals surface area (Å²) in [6.07, 6.45) is 2.16. The highest BCUT2D eigenvalue weighted by Gasteiger charge is 2.33. The number of fused-ring (bicyclic) bond motifs is 4. The number of ether oxygens (including phenoxy) is 1. The summed E-state index contributed by atoms with van der Waals surface area (Å²) in [5.41, 5.74) is 9.14. The molecule has 0 saturated carbocycles. The highest BCUT2D eigenvalue weighted by atomic mass is 19.3. The maximum Gasteiger partial charge on any atom is 0.269 e. The normalized spacial score (nSPS) is 17.2. The van der Waals surface area contributed by atoms with E-state index in [1.165, 1.54) is 23.4 Å². The molecule has 190 valence electrons. The van der Waals surface area contributed by atoms with Gasteiger partial charge in [-0.15, -0.1) is 0 Å². The van der Waals surface area contributed by atoms with Crippen LogP contribution >= 0.6 is 0 Å². The number of nitrogens with two attached hydrogens (primary N) is 1. The predicted molar refractivity (Wildman–Crippen MR) is 132 cm³/mol. The molecule has 1 fully saturated rings. The highest BCUT2D eigenvalue weighted by molar-refractivity contribution is 5.98. The Morgan fingerprint density at radius 2 is 1.95 bits per heavy atom. The maximum absolute atomic E-state index is 15.1. The summed E-state index contributed by atoms with van der Waals surface area (Å²) in [7, 11) is 1.61. The Morgan fingerprint density at radius 1 is 1.16 bits per heavy atom. The van der Waals surface area contributed by atoms with Crippen LogP contribution in [0.1, 0.15) is 34.8 Å². The Balaban J connectivity index is 1.27. The van der Waals surface area contributed by atoms with Crippen LogP contribution in [0.15, 0.2) is 54.5 Å². The first-order valence-corrected chi connectivity index (χ1v) is 11.8. The van der Waals surface area contributed by atoms with Gasteiger partial charge in [-0.1, -0.05) is 6.07 Å². The number of aromatic nitrogens is 3. The smallest absolute Gasteiger partial charge is 0.269 e. The van der Waals surface area contributed by atoms with E-state index in [1.54, 1.807) is 17.6 Å². The Hall–Kier alpha value is -4.28. The number of carbonyl (C=O) groups excluding carboxylic acids is 1. The molecule has 6 rings (SSSR count). The monoisotopic (exact) mass is 508 g/mol. The van der Waals surface area contributed by atoms with Crippen molar-refractivity contribution in [3.63, 3.8) is 0 Å². The minimum Gasteiger partial charge on any atom is -0.491 e. The van der Waals surface area contributed by atoms with Crippen LogP contribution < -0.4 is 15.4 Å². The minimum absolute atomic E-state index is 0.0982. The molecule has 37 heavy (non-hydrogen) atoms. The molecule has 4 heterocycles. The predicted octanol–water partition coefficient (Wildman–Crippen LogP) is 4.56. The van der Waals surface area contributed by atoms with Gasteiger partial charge in [0.2, 0.25) is 0 Å². The van der Waals surface area contributed by atoms with Crippen LogP contribution in [-0.4, -0.2) is 51.9 Å².